The molecule has 5 rings (SSSR count). The van der Waals surface area contributed by atoms with Crippen LogP contribution in [0.1, 0.15) is 43.0 Å². The molecular weight excluding hydrogens is 408 g/mol. The Morgan fingerprint density at radius 2 is 1.87 bits per heavy atom. The second-order valence-corrected chi connectivity index (χ2v) is 8.73. The van der Waals surface area contributed by atoms with Crippen molar-refractivity contribution < 1.29 is 14.3 Å². The Balaban J connectivity index is 1.37. The van der Waals surface area contributed by atoms with Crippen LogP contribution in [0.25, 0.3) is 10.2 Å². The normalized spacial score (nSPS) is 15.4. The highest BCUT2D eigenvalue weighted by Crippen LogP contribution is 2.31. The van der Waals surface area contributed by atoms with E-state index in [4.69, 9.17) is 4.74 Å². The summed E-state index contributed by atoms with van der Waals surface area (Å²) >= 11 is 1.59. The molecule has 0 fully saturated rings. The number of cyclic esters (lactones) is 1. The van der Waals surface area contributed by atoms with Crippen LogP contribution in [0, 0.1) is 0 Å². The molecule has 0 saturated carbocycles. The first-order valence-corrected chi connectivity index (χ1v) is 10.9. The Kier molecular flexibility index (Phi) is 5.00. The number of nitrogens with zero attached hydrogens (tertiary/aromatic N) is 2. The number of ether oxygens (including phenoxy) is 1. The maximum atomic E-state index is 13.1. The highest BCUT2D eigenvalue weighted by Gasteiger charge is 2.28. The molecule has 5 nitrogen and oxygen atoms in total. The molecule has 0 spiro atoms. The lowest BCUT2D eigenvalue weighted by Crippen LogP contribution is -2.27. The predicted octanol–water partition coefficient (Wildman–Crippen LogP) is 5.02. The largest absolute Gasteiger partial charge is 0.454 e. The number of fused-ring (bicyclic) bond motifs is 2. The predicted molar refractivity (Wildman–Crippen MR) is 120 cm³/mol. The first-order valence-electron chi connectivity index (χ1n) is 10.1. The fourth-order valence-corrected chi connectivity index (χ4v) is 4.89. The zero-order valence-corrected chi connectivity index (χ0v) is 17.8. The van der Waals surface area contributed by atoms with Crippen LogP contribution in [0.15, 0.2) is 72.8 Å². The zero-order chi connectivity index (χ0) is 21.4. The number of carbonyl (C=O) groups is 2. The number of rotatable bonds is 4. The van der Waals surface area contributed by atoms with Gasteiger partial charge >= 0.3 is 5.97 Å². The number of benzene rings is 3. The summed E-state index contributed by atoms with van der Waals surface area (Å²) in [6.45, 7) is 0.434. The van der Waals surface area contributed by atoms with E-state index in [2.05, 4.69) is 4.98 Å². The standard InChI is InChI=1S/C25H20N2O3S/c1-27(15-23-26-20-9-5-6-10-22(20)31-23)24(28)17-11-12-19-18(13-17)14-21(30-25(19)29)16-7-3-2-4-8-16/h2-13,21H,14-15H2,1H3/t21-/m0/s1. The molecule has 1 aliphatic rings. The van der Waals surface area contributed by atoms with Crippen LogP contribution in [-0.4, -0.2) is 28.8 Å². The van der Waals surface area contributed by atoms with Gasteiger partial charge in [0.2, 0.25) is 0 Å². The average molecular weight is 429 g/mol. The first-order chi connectivity index (χ1) is 15.1. The van der Waals surface area contributed by atoms with E-state index in [1.807, 2.05) is 60.7 Å². The monoisotopic (exact) mass is 428 g/mol. The van der Waals surface area contributed by atoms with Crippen molar-refractivity contribution in [1.29, 1.82) is 0 Å². The molecule has 1 aliphatic heterocycles. The molecule has 3 aromatic carbocycles. The molecule has 1 atom stereocenters. The second kappa shape index (κ2) is 7.96. The van der Waals surface area contributed by atoms with Crippen molar-refractivity contribution in [3.63, 3.8) is 0 Å². The molecule has 4 aromatic rings. The lowest BCUT2D eigenvalue weighted by atomic mass is 9.93. The maximum Gasteiger partial charge on any atom is 0.339 e. The van der Waals surface area contributed by atoms with E-state index in [-0.39, 0.29) is 18.0 Å². The number of esters is 1. The molecule has 0 unspecified atom stereocenters. The van der Waals surface area contributed by atoms with Crippen molar-refractivity contribution in [2.45, 2.75) is 19.1 Å². The second-order valence-electron chi connectivity index (χ2n) is 7.62. The summed E-state index contributed by atoms with van der Waals surface area (Å²) in [7, 11) is 1.77. The smallest absolute Gasteiger partial charge is 0.339 e. The van der Waals surface area contributed by atoms with Gasteiger partial charge in [-0.2, -0.15) is 0 Å². The SMILES string of the molecule is CN(Cc1nc2ccccc2s1)C(=O)c1ccc2c(c1)C[C@@H](c1ccccc1)OC2=O. The average Bonchev–Trinajstić information content (AvgIpc) is 3.21. The number of carbonyl (C=O) groups excluding carboxylic acids is 2. The van der Waals surface area contributed by atoms with E-state index in [1.165, 1.54) is 0 Å². The number of thiazole rings is 1. The van der Waals surface area contributed by atoms with Gasteiger partial charge < -0.3 is 9.64 Å². The number of hydrogen-bond acceptors (Lipinski definition) is 5. The molecule has 2 heterocycles. The van der Waals surface area contributed by atoms with Gasteiger partial charge in [0.25, 0.3) is 5.91 Å². The van der Waals surface area contributed by atoms with Gasteiger partial charge in [-0.1, -0.05) is 42.5 Å². The summed E-state index contributed by atoms with van der Waals surface area (Å²) in [5.41, 5.74) is 3.82. The van der Waals surface area contributed by atoms with Crippen LogP contribution in [-0.2, 0) is 17.7 Å². The number of hydrogen-bond donors (Lipinski definition) is 0. The Morgan fingerprint density at radius 1 is 1.10 bits per heavy atom. The minimum absolute atomic E-state index is 0.0998. The van der Waals surface area contributed by atoms with Gasteiger partial charge in [0.1, 0.15) is 11.1 Å². The molecule has 0 bridgehead atoms. The Bertz CT molecular complexity index is 1250. The Hall–Kier alpha value is -3.51. The van der Waals surface area contributed by atoms with Crippen molar-refractivity contribution in [3.05, 3.63) is 100 Å². The first kappa shape index (κ1) is 19.5. The van der Waals surface area contributed by atoms with E-state index in [1.54, 1.807) is 35.4 Å². The van der Waals surface area contributed by atoms with E-state index in [9.17, 15) is 9.59 Å². The fraction of sp³-hybridized carbons (Fsp3) is 0.160. The van der Waals surface area contributed by atoms with Gasteiger partial charge in [-0.05, 0) is 41.5 Å². The molecule has 1 amide bonds. The van der Waals surface area contributed by atoms with Crippen LogP contribution in [0.2, 0.25) is 0 Å². The zero-order valence-electron chi connectivity index (χ0n) is 16.9. The van der Waals surface area contributed by atoms with E-state index < -0.39 is 0 Å². The van der Waals surface area contributed by atoms with Crippen LogP contribution in [0.4, 0.5) is 0 Å². The topological polar surface area (TPSA) is 59.5 Å². The Labute approximate surface area is 183 Å². The third kappa shape index (κ3) is 3.82. The highest BCUT2D eigenvalue weighted by molar-refractivity contribution is 7.18. The van der Waals surface area contributed by atoms with Crippen molar-refractivity contribution in [1.82, 2.24) is 9.88 Å². The lowest BCUT2D eigenvalue weighted by Gasteiger charge is -2.25. The van der Waals surface area contributed by atoms with Gasteiger partial charge in [0.15, 0.2) is 0 Å². The summed E-state index contributed by atoms with van der Waals surface area (Å²) in [5.74, 6) is -0.450. The summed E-state index contributed by atoms with van der Waals surface area (Å²) in [6, 6.07) is 22.8. The van der Waals surface area contributed by atoms with Gasteiger partial charge in [0, 0.05) is 19.0 Å². The van der Waals surface area contributed by atoms with E-state index >= 15 is 0 Å². The number of para-hydroxylation sites is 1. The fourth-order valence-electron chi connectivity index (χ4n) is 3.87. The van der Waals surface area contributed by atoms with Gasteiger partial charge in [-0.3, -0.25) is 4.79 Å². The molecule has 0 N–H and O–H groups in total. The third-order valence-electron chi connectivity index (χ3n) is 5.46. The van der Waals surface area contributed by atoms with E-state index in [0.29, 0.717) is 24.1 Å². The van der Waals surface area contributed by atoms with Crippen molar-refractivity contribution in [3.8, 4) is 0 Å². The van der Waals surface area contributed by atoms with Gasteiger partial charge in [-0.25, -0.2) is 9.78 Å². The molecule has 0 aliphatic carbocycles. The molecule has 0 saturated heterocycles. The minimum atomic E-state index is -0.350. The highest BCUT2D eigenvalue weighted by atomic mass is 32.1. The summed E-state index contributed by atoms with van der Waals surface area (Å²) in [4.78, 5) is 31.8. The van der Waals surface area contributed by atoms with Crippen LogP contribution < -0.4 is 0 Å². The van der Waals surface area contributed by atoms with Crippen molar-refractivity contribution in [2.75, 3.05) is 7.05 Å². The molecule has 154 valence electrons. The summed E-state index contributed by atoms with van der Waals surface area (Å²) in [5, 5.41) is 0.891. The molecular formula is C25H20N2O3S. The van der Waals surface area contributed by atoms with Gasteiger partial charge in [-0.15, -0.1) is 11.3 Å². The molecule has 1 aromatic heterocycles. The minimum Gasteiger partial charge on any atom is -0.454 e. The third-order valence-corrected chi connectivity index (χ3v) is 6.48. The molecule has 0 radical (unpaired) electrons. The Morgan fingerprint density at radius 3 is 2.68 bits per heavy atom. The number of amides is 1. The summed E-state index contributed by atoms with van der Waals surface area (Å²) < 4.78 is 6.72. The molecule has 6 heteroatoms. The van der Waals surface area contributed by atoms with E-state index in [0.717, 1.165) is 26.4 Å². The summed E-state index contributed by atoms with van der Waals surface area (Å²) in [6.07, 6.45) is 0.209. The van der Waals surface area contributed by atoms with Crippen molar-refractivity contribution in [2.24, 2.45) is 0 Å². The van der Waals surface area contributed by atoms with Gasteiger partial charge in [0.05, 0.1) is 22.3 Å². The lowest BCUT2D eigenvalue weighted by molar-refractivity contribution is 0.0252. The molecule has 31 heavy (non-hydrogen) atoms. The number of aromatic nitrogens is 1. The maximum absolute atomic E-state index is 13.1. The van der Waals surface area contributed by atoms with Crippen LogP contribution in [0.5, 0.6) is 0 Å². The quantitative estimate of drug-likeness (QED) is 0.428. The van der Waals surface area contributed by atoms with Crippen molar-refractivity contribution >= 4 is 33.4 Å². The van der Waals surface area contributed by atoms with Crippen LogP contribution in [0.3, 0.4) is 0 Å². The van der Waals surface area contributed by atoms with Crippen LogP contribution >= 0.6 is 11.3 Å².